The highest BCUT2D eigenvalue weighted by molar-refractivity contribution is 9.10. The second-order valence-corrected chi connectivity index (χ2v) is 5.31. The number of benzene rings is 1. The highest BCUT2D eigenvalue weighted by Crippen LogP contribution is 2.17. The fourth-order valence-electron chi connectivity index (χ4n) is 1.75. The van der Waals surface area contributed by atoms with E-state index in [4.69, 9.17) is 4.74 Å². The van der Waals surface area contributed by atoms with Crippen LogP contribution in [0.1, 0.15) is 6.92 Å². The molecular weight excluding hydrogens is 294 g/mol. The van der Waals surface area contributed by atoms with Gasteiger partial charge in [-0.1, -0.05) is 15.9 Å². The summed E-state index contributed by atoms with van der Waals surface area (Å²) in [7, 11) is 2.04. The molecule has 2 rings (SSSR count). The third kappa shape index (κ3) is 3.63. The first-order valence-electron chi connectivity index (χ1n) is 6.07. The van der Waals surface area contributed by atoms with E-state index in [0.717, 1.165) is 35.8 Å². The number of hydrogen-bond acceptors (Lipinski definition) is 4. The van der Waals surface area contributed by atoms with Crippen molar-refractivity contribution in [3.8, 4) is 5.75 Å². The molecule has 1 N–H and O–H groups in total. The van der Waals surface area contributed by atoms with Crippen LogP contribution >= 0.6 is 15.9 Å². The average molecular weight is 312 g/mol. The van der Waals surface area contributed by atoms with Gasteiger partial charge in [0.05, 0.1) is 13.1 Å². The molecule has 0 fully saturated rings. The first-order valence-corrected chi connectivity index (χ1v) is 6.86. The van der Waals surface area contributed by atoms with Gasteiger partial charge in [-0.05, 0) is 31.2 Å². The molecule has 1 aromatic rings. The van der Waals surface area contributed by atoms with E-state index >= 15 is 0 Å². The third-order valence-electron chi connectivity index (χ3n) is 2.76. The van der Waals surface area contributed by atoms with Crippen LogP contribution in [-0.2, 0) is 0 Å². The molecule has 0 aliphatic carbocycles. The molecule has 1 aliphatic rings. The number of nitrogens with zero attached hydrogens (tertiary/aromatic N) is 2. The Bertz CT molecular complexity index is 419. The molecular formula is C13H18BrN3O. The van der Waals surface area contributed by atoms with E-state index in [0.29, 0.717) is 0 Å². The highest BCUT2D eigenvalue weighted by Gasteiger charge is 2.13. The molecule has 0 saturated carbocycles. The van der Waals surface area contributed by atoms with Crippen LogP contribution in [0.2, 0.25) is 0 Å². The molecule has 18 heavy (non-hydrogen) atoms. The Balaban J connectivity index is 1.78. The zero-order valence-electron chi connectivity index (χ0n) is 10.7. The zero-order chi connectivity index (χ0) is 13.0. The monoisotopic (exact) mass is 311 g/mol. The van der Waals surface area contributed by atoms with Gasteiger partial charge in [0.25, 0.3) is 0 Å². The quantitative estimate of drug-likeness (QED) is 0.925. The van der Waals surface area contributed by atoms with Crippen LogP contribution in [-0.4, -0.2) is 43.6 Å². The normalized spacial score (nSPS) is 16.4. The number of aliphatic imine (C=N–C) groups is 1. The van der Waals surface area contributed by atoms with E-state index in [9.17, 15) is 0 Å². The maximum Gasteiger partial charge on any atom is 0.193 e. The van der Waals surface area contributed by atoms with E-state index in [1.54, 1.807) is 0 Å². The third-order valence-corrected chi connectivity index (χ3v) is 3.29. The number of nitrogens with one attached hydrogen (secondary N) is 1. The molecule has 0 aromatic heterocycles. The minimum atomic E-state index is 0.0999. The summed E-state index contributed by atoms with van der Waals surface area (Å²) in [5.41, 5.74) is 0. The molecule has 0 amide bonds. The van der Waals surface area contributed by atoms with Crippen molar-refractivity contribution >= 4 is 21.9 Å². The fraction of sp³-hybridized carbons (Fsp3) is 0.462. The van der Waals surface area contributed by atoms with Crippen LogP contribution in [0, 0.1) is 0 Å². The Kier molecular flexibility index (Phi) is 4.47. The van der Waals surface area contributed by atoms with Gasteiger partial charge in [-0.3, -0.25) is 4.99 Å². The standard InChI is InChI=1S/C13H18BrN3O/c1-10(9-16-13-15-7-8-17(13)2)18-12-5-3-11(14)4-6-12/h3-6,10H,7-9H2,1-2H3,(H,15,16). The minimum Gasteiger partial charge on any atom is -0.489 e. The summed E-state index contributed by atoms with van der Waals surface area (Å²) in [5, 5.41) is 3.30. The topological polar surface area (TPSA) is 36.9 Å². The summed E-state index contributed by atoms with van der Waals surface area (Å²) >= 11 is 3.40. The van der Waals surface area contributed by atoms with Crippen LogP contribution in [0.4, 0.5) is 0 Å². The summed E-state index contributed by atoms with van der Waals surface area (Å²) in [5.74, 6) is 1.84. The molecule has 1 unspecified atom stereocenters. The first-order chi connectivity index (χ1) is 8.65. The lowest BCUT2D eigenvalue weighted by molar-refractivity contribution is 0.223. The van der Waals surface area contributed by atoms with Crippen molar-refractivity contribution < 1.29 is 4.74 Å². The summed E-state index contributed by atoms with van der Waals surface area (Å²) in [6.07, 6.45) is 0.0999. The van der Waals surface area contributed by atoms with E-state index in [1.165, 1.54) is 0 Å². The molecule has 5 heteroatoms. The van der Waals surface area contributed by atoms with Gasteiger partial charge in [0.1, 0.15) is 11.9 Å². The van der Waals surface area contributed by atoms with Gasteiger partial charge in [0.15, 0.2) is 5.96 Å². The molecule has 1 heterocycles. The van der Waals surface area contributed by atoms with Gasteiger partial charge in [-0.25, -0.2) is 0 Å². The van der Waals surface area contributed by atoms with Crippen LogP contribution in [0.25, 0.3) is 0 Å². The van der Waals surface area contributed by atoms with Crippen molar-refractivity contribution in [2.24, 2.45) is 4.99 Å². The van der Waals surface area contributed by atoms with Gasteiger partial charge >= 0.3 is 0 Å². The summed E-state index contributed by atoms with van der Waals surface area (Å²) in [6.45, 7) is 4.66. The van der Waals surface area contributed by atoms with Crippen molar-refractivity contribution in [2.75, 3.05) is 26.7 Å². The molecule has 0 radical (unpaired) electrons. The van der Waals surface area contributed by atoms with E-state index in [2.05, 4.69) is 31.1 Å². The van der Waals surface area contributed by atoms with E-state index in [-0.39, 0.29) is 6.10 Å². The molecule has 0 saturated heterocycles. The van der Waals surface area contributed by atoms with E-state index in [1.807, 2.05) is 38.2 Å². The lowest BCUT2D eigenvalue weighted by Crippen LogP contribution is -2.40. The predicted molar refractivity (Wildman–Crippen MR) is 77.2 cm³/mol. The number of guanidine groups is 1. The lowest BCUT2D eigenvalue weighted by Gasteiger charge is -2.19. The molecule has 4 nitrogen and oxygen atoms in total. The predicted octanol–water partition coefficient (Wildman–Crippen LogP) is 2.11. The lowest BCUT2D eigenvalue weighted by atomic mass is 10.3. The number of ether oxygens (including phenoxy) is 1. The molecule has 0 bridgehead atoms. The summed E-state index contributed by atoms with van der Waals surface area (Å²) < 4.78 is 6.87. The summed E-state index contributed by atoms with van der Waals surface area (Å²) in [6, 6.07) is 7.87. The van der Waals surface area contributed by atoms with Crippen LogP contribution in [0.3, 0.4) is 0 Å². The van der Waals surface area contributed by atoms with Gasteiger partial charge in [0, 0.05) is 18.1 Å². The van der Waals surface area contributed by atoms with Crippen molar-refractivity contribution in [3.63, 3.8) is 0 Å². The average Bonchev–Trinajstić information content (AvgIpc) is 2.75. The Hall–Kier alpha value is -1.23. The van der Waals surface area contributed by atoms with E-state index < -0.39 is 0 Å². The Morgan fingerprint density at radius 3 is 2.78 bits per heavy atom. The number of rotatable bonds is 4. The summed E-state index contributed by atoms with van der Waals surface area (Å²) in [4.78, 5) is 6.49. The fourth-order valence-corrected chi connectivity index (χ4v) is 2.01. The molecule has 0 spiro atoms. The maximum atomic E-state index is 5.81. The Morgan fingerprint density at radius 2 is 2.17 bits per heavy atom. The first kappa shape index (κ1) is 13.2. The Labute approximate surface area is 116 Å². The second-order valence-electron chi connectivity index (χ2n) is 4.39. The van der Waals surface area contributed by atoms with Crippen LogP contribution in [0.5, 0.6) is 5.75 Å². The molecule has 1 atom stereocenters. The van der Waals surface area contributed by atoms with Crippen LogP contribution in [0.15, 0.2) is 33.7 Å². The van der Waals surface area contributed by atoms with Crippen molar-refractivity contribution in [1.82, 2.24) is 10.2 Å². The largest absolute Gasteiger partial charge is 0.489 e. The minimum absolute atomic E-state index is 0.0999. The smallest absolute Gasteiger partial charge is 0.193 e. The van der Waals surface area contributed by atoms with Crippen LogP contribution < -0.4 is 10.1 Å². The molecule has 98 valence electrons. The molecule has 1 aliphatic heterocycles. The maximum absolute atomic E-state index is 5.81. The van der Waals surface area contributed by atoms with Crippen molar-refractivity contribution in [1.29, 1.82) is 0 Å². The molecule has 1 aromatic carbocycles. The SMILES string of the molecule is CC(CNC1=NCCN1C)Oc1ccc(Br)cc1. The van der Waals surface area contributed by atoms with Gasteiger partial charge in [-0.15, -0.1) is 0 Å². The van der Waals surface area contributed by atoms with Gasteiger partial charge in [-0.2, -0.15) is 0 Å². The highest BCUT2D eigenvalue weighted by atomic mass is 79.9. The van der Waals surface area contributed by atoms with Crippen molar-refractivity contribution in [2.45, 2.75) is 13.0 Å². The number of hydrogen-bond donors (Lipinski definition) is 1. The number of halogens is 1. The van der Waals surface area contributed by atoms with Crippen molar-refractivity contribution in [3.05, 3.63) is 28.7 Å². The van der Waals surface area contributed by atoms with Gasteiger partial charge in [0.2, 0.25) is 0 Å². The second kappa shape index (κ2) is 6.09. The zero-order valence-corrected chi connectivity index (χ0v) is 12.3. The van der Waals surface area contributed by atoms with Gasteiger partial charge < -0.3 is 15.0 Å². The Morgan fingerprint density at radius 1 is 1.44 bits per heavy atom. The number of likely N-dealkylation sites (N-methyl/N-ethyl adjacent to an activating group) is 1.